The van der Waals surface area contributed by atoms with Crippen LogP contribution in [0.2, 0.25) is 0 Å². The van der Waals surface area contributed by atoms with Gasteiger partial charge in [-0.2, -0.15) is 0 Å². The van der Waals surface area contributed by atoms with Gasteiger partial charge in [0.1, 0.15) is 4.90 Å². The fourth-order valence-electron chi connectivity index (χ4n) is 1.54. The average molecular weight is 360 g/mol. The summed E-state index contributed by atoms with van der Waals surface area (Å²) in [5.41, 5.74) is 6.35. The van der Waals surface area contributed by atoms with Crippen LogP contribution in [0.25, 0.3) is 0 Å². The van der Waals surface area contributed by atoms with Gasteiger partial charge in [-0.25, -0.2) is 17.5 Å². The molecule has 0 saturated carbocycles. The summed E-state index contributed by atoms with van der Waals surface area (Å²) in [6, 6.07) is 5.77. The number of hydrogen-bond donors (Lipinski definition) is 2. The van der Waals surface area contributed by atoms with Gasteiger partial charge in [-0.1, -0.05) is 6.07 Å². The van der Waals surface area contributed by atoms with E-state index in [1.165, 1.54) is 12.3 Å². The van der Waals surface area contributed by atoms with E-state index in [4.69, 9.17) is 5.73 Å². The molecule has 2 aromatic rings. The minimum atomic E-state index is -4.00. The van der Waals surface area contributed by atoms with Crippen molar-refractivity contribution >= 4 is 31.6 Å². The number of nitrogens with two attached hydrogens (primary N) is 1. The molecule has 0 atom stereocenters. The second-order valence-electron chi connectivity index (χ2n) is 4.00. The fraction of sp³-hybridized carbons (Fsp3) is 0.0833. The highest BCUT2D eigenvalue weighted by Crippen LogP contribution is 2.26. The van der Waals surface area contributed by atoms with Crippen molar-refractivity contribution in [3.63, 3.8) is 0 Å². The molecule has 5 nitrogen and oxygen atoms in total. The molecular weight excluding hydrogens is 349 g/mol. The zero-order valence-electron chi connectivity index (χ0n) is 10.2. The normalized spacial score (nSPS) is 11.5. The number of anilines is 1. The summed E-state index contributed by atoms with van der Waals surface area (Å²) in [5.74, 6) is -0.877. The molecule has 1 aromatic heterocycles. The van der Waals surface area contributed by atoms with E-state index in [1.807, 2.05) is 0 Å². The maximum Gasteiger partial charge on any atom is 0.243 e. The number of aromatic nitrogens is 1. The van der Waals surface area contributed by atoms with Crippen LogP contribution in [-0.2, 0) is 16.6 Å². The predicted octanol–water partition coefficient (Wildman–Crippen LogP) is 2.04. The molecule has 3 N–H and O–H groups in total. The van der Waals surface area contributed by atoms with Gasteiger partial charge in [0.15, 0.2) is 5.82 Å². The number of rotatable bonds is 4. The van der Waals surface area contributed by atoms with E-state index in [-0.39, 0.29) is 16.7 Å². The summed E-state index contributed by atoms with van der Waals surface area (Å²) < 4.78 is 40.3. The molecule has 0 radical (unpaired) electrons. The van der Waals surface area contributed by atoms with E-state index >= 15 is 0 Å². The van der Waals surface area contributed by atoms with Gasteiger partial charge in [0.05, 0.1) is 4.47 Å². The molecule has 0 aliphatic rings. The Balaban J connectivity index is 2.27. The Bertz CT molecular complexity index is 723. The van der Waals surface area contributed by atoms with Crippen LogP contribution >= 0.6 is 15.9 Å². The number of hydrogen-bond acceptors (Lipinski definition) is 4. The standard InChI is InChI=1S/C12H11BrFN3O2S/c13-10-4-9(15)5-11(12(10)14)20(18,19)17-7-8-2-1-3-16-6-8/h1-6,17H,7,15H2. The second kappa shape index (κ2) is 5.86. The number of nitrogen functional groups attached to an aromatic ring is 1. The van der Waals surface area contributed by atoms with Crippen molar-refractivity contribution in [3.8, 4) is 0 Å². The lowest BCUT2D eigenvalue weighted by Crippen LogP contribution is -2.24. The third kappa shape index (κ3) is 3.33. The van der Waals surface area contributed by atoms with Gasteiger partial charge >= 0.3 is 0 Å². The maximum atomic E-state index is 13.9. The Hall–Kier alpha value is -1.51. The SMILES string of the molecule is Nc1cc(Br)c(F)c(S(=O)(=O)NCc2cccnc2)c1. The van der Waals surface area contributed by atoms with Gasteiger partial charge in [-0.3, -0.25) is 4.98 Å². The highest BCUT2D eigenvalue weighted by molar-refractivity contribution is 9.10. The highest BCUT2D eigenvalue weighted by atomic mass is 79.9. The predicted molar refractivity (Wildman–Crippen MR) is 76.8 cm³/mol. The molecule has 8 heteroatoms. The monoisotopic (exact) mass is 359 g/mol. The molecule has 0 bridgehead atoms. The van der Waals surface area contributed by atoms with Crippen LogP contribution in [-0.4, -0.2) is 13.4 Å². The topological polar surface area (TPSA) is 85.1 Å². The lowest BCUT2D eigenvalue weighted by Gasteiger charge is -2.09. The van der Waals surface area contributed by atoms with Crippen molar-refractivity contribution in [2.75, 3.05) is 5.73 Å². The Morgan fingerprint density at radius 1 is 1.40 bits per heavy atom. The maximum absolute atomic E-state index is 13.9. The number of nitrogens with one attached hydrogen (secondary N) is 1. The van der Waals surface area contributed by atoms with Crippen LogP contribution in [0.15, 0.2) is 46.0 Å². The van der Waals surface area contributed by atoms with Crippen LogP contribution in [0.4, 0.5) is 10.1 Å². The summed E-state index contributed by atoms with van der Waals surface area (Å²) in [4.78, 5) is 3.38. The summed E-state index contributed by atoms with van der Waals surface area (Å²) in [6.45, 7) is 0.0159. The van der Waals surface area contributed by atoms with E-state index in [9.17, 15) is 12.8 Å². The molecule has 0 amide bonds. The van der Waals surface area contributed by atoms with E-state index in [1.54, 1.807) is 18.3 Å². The third-order valence-corrected chi connectivity index (χ3v) is 4.47. The third-order valence-electron chi connectivity index (χ3n) is 2.50. The molecule has 0 aliphatic carbocycles. The van der Waals surface area contributed by atoms with E-state index < -0.39 is 20.7 Å². The summed E-state index contributed by atoms with van der Waals surface area (Å²) in [6.07, 6.45) is 3.10. The van der Waals surface area contributed by atoms with Crippen LogP contribution in [0.1, 0.15) is 5.56 Å². The van der Waals surface area contributed by atoms with Gasteiger partial charge in [0.2, 0.25) is 10.0 Å². The van der Waals surface area contributed by atoms with E-state index in [0.717, 1.165) is 6.07 Å². The molecule has 0 saturated heterocycles. The summed E-state index contributed by atoms with van der Waals surface area (Å²) >= 11 is 2.93. The molecule has 1 heterocycles. The van der Waals surface area contributed by atoms with Gasteiger partial charge in [0, 0.05) is 24.6 Å². The lowest BCUT2D eigenvalue weighted by molar-refractivity contribution is 0.554. The quantitative estimate of drug-likeness (QED) is 0.818. The first-order valence-electron chi connectivity index (χ1n) is 5.53. The van der Waals surface area contributed by atoms with Gasteiger partial charge < -0.3 is 5.73 Å². The fourth-order valence-corrected chi connectivity index (χ4v) is 3.30. The van der Waals surface area contributed by atoms with Crippen LogP contribution in [0.3, 0.4) is 0 Å². The van der Waals surface area contributed by atoms with Crippen molar-refractivity contribution < 1.29 is 12.8 Å². The molecule has 2 rings (SSSR count). The van der Waals surface area contributed by atoms with Crippen molar-refractivity contribution in [1.29, 1.82) is 0 Å². The van der Waals surface area contributed by atoms with Gasteiger partial charge in [-0.05, 0) is 39.7 Å². The number of nitrogens with zero attached hydrogens (tertiary/aromatic N) is 1. The Labute approximate surface area is 124 Å². The van der Waals surface area contributed by atoms with Crippen LogP contribution in [0, 0.1) is 5.82 Å². The van der Waals surface area contributed by atoms with Crippen molar-refractivity contribution in [2.45, 2.75) is 11.4 Å². The molecule has 0 spiro atoms. The average Bonchev–Trinajstić information content (AvgIpc) is 2.42. The lowest BCUT2D eigenvalue weighted by atomic mass is 10.3. The molecule has 1 aromatic carbocycles. The van der Waals surface area contributed by atoms with Crippen molar-refractivity contribution in [3.05, 3.63) is 52.5 Å². The Morgan fingerprint density at radius 2 is 2.15 bits per heavy atom. The van der Waals surface area contributed by atoms with Crippen molar-refractivity contribution in [1.82, 2.24) is 9.71 Å². The smallest absolute Gasteiger partial charge is 0.243 e. The number of sulfonamides is 1. The minimum absolute atomic E-state index is 0.000692. The summed E-state index contributed by atoms with van der Waals surface area (Å²) in [5, 5.41) is 0. The summed E-state index contributed by atoms with van der Waals surface area (Å²) in [7, 11) is -4.00. The molecule has 0 unspecified atom stereocenters. The van der Waals surface area contributed by atoms with E-state index in [0.29, 0.717) is 5.56 Å². The number of pyridine rings is 1. The Kier molecular flexibility index (Phi) is 4.36. The van der Waals surface area contributed by atoms with Gasteiger partial charge in [0.25, 0.3) is 0 Å². The molecule has 0 aliphatic heterocycles. The van der Waals surface area contributed by atoms with Crippen LogP contribution in [0.5, 0.6) is 0 Å². The first-order chi connectivity index (χ1) is 9.40. The largest absolute Gasteiger partial charge is 0.399 e. The molecule has 0 fully saturated rings. The second-order valence-corrected chi connectivity index (χ2v) is 6.59. The highest BCUT2D eigenvalue weighted by Gasteiger charge is 2.21. The van der Waals surface area contributed by atoms with E-state index in [2.05, 4.69) is 25.6 Å². The minimum Gasteiger partial charge on any atom is -0.399 e. The van der Waals surface area contributed by atoms with Gasteiger partial charge in [-0.15, -0.1) is 0 Å². The first-order valence-corrected chi connectivity index (χ1v) is 7.81. The molecule has 20 heavy (non-hydrogen) atoms. The Morgan fingerprint density at radius 3 is 2.80 bits per heavy atom. The first kappa shape index (κ1) is 14.9. The molecule has 106 valence electrons. The zero-order valence-corrected chi connectivity index (χ0v) is 12.6. The van der Waals surface area contributed by atoms with Crippen molar-refractivity contribution in [2.24, 2.45) is 0 Å². The number of benzene rings is 1. The zero-order chi connectivity index (χ0) is 14.8. The molecular formula is C12H11BrFN3O2S. The van der Waals surface area contributed by atoms with Crippen LogP contribution < -0.4 is 10.5 Å². The number of halogens is 2.